The molecule has 1 N–H and O–H groups in total. The zero-order valence-corrected chi connectivity index (χ0v) is 10.6. The second-order valence-corrected chi connectivity index (χ2v) is 5.37. The molecule has 3 heteroatoms. The first-order chi connectivity index (χ1) is 7.68. The highest BCUT2D eigenvalue weighted by atomic mass is 16.2. The molecule has 0 bridgehead atoms. The Morgan fingerprint density at radius 1 is 1.38 bits per heavy atom. The Labute approximate surface area is 98.6 Å². The minimum Gasteiger partial charge on any atom is -0.336 e. The third kappa shape index (κ3) is 2.10. The summed E-state index contributed by atoms with van der Waals surface area (Å²) in [6.45, 7) is 5.80. The number of nitrogens with one attached hydrogen (secondary N) is 1. The first-order valence-electron chi connectivity index (χ1n) is 6.69. The fourth-order valence-corrected chi connectivity index (χ4v) is 3.62. The molecule has 1 heterocycles. The van der Waals surface area contributed by atoms with Gasteiger partial charge < -0.3 is 10.2 Å². The number of carbonyl (C=O) groups excluding carboxylic acids is 1. The Kier molecular flexibility index (Phi) is 3.53. The molecule has 0 aromatic rings. The second kappa shape index (κ2) is 4.74. The van der Waals surface area contributed by atoms with E-state index in [1.54, 1.807) is 6.92 Å². The van der Waals surface area contributed by atoms with E-state index in [9.17, 15) is 4.79 Å². The Morgan fingerprint density at radius 3 is 2.62 bits per heavy atom. The van der Waals surface area contributed by atoms with Gasteiger partial charge in [-0.25, -0.2) is 0 Å². The maximum absolute atomic E-state index is 11.8. The van der Waals surface area contributed by atoms with E-state index in [2.05, 4.69) is 17.1 Å². The van der Waals surface area contributed by atoms with Crippen LogP contribution in [-0.4, -0.2) is 35.5 Å². The molecule has 1 saturated heterocycles. The van der Waals surface area contributed by atoms with Gasteiger partial charge in [-0.2, -0.15) is 0 Å². The molecule has 2 rings (SSSR count). The number of likely N-dealkylation sites (N-methyl/N-ethyl adjacent to an activating group) is 1. The number of nitrogens with zero attached hydrogens (tertiary/aromatic N) is 1. The summed E-state index contributed by atoms with van der Waals surface area (Å²) >= 11 is 0. The molecular formula is C13H24N2O. The van der Waals surface area contributed by atoms with Crippen molar-refractivity contribution in [2.45, 2.75) is 64.0 Å². The number of likely N-dealkylation sites (tertiary alicyclic amines) is 1. The van der Waals surface area contributed by atoms with E-state index in [1.165, 1.54) is 38.5 Å². The van der Waals surface area contributed by atoms with Crippen LogP contribution in [0.5, 0.6) is 0 Å². The number of rotatable bonds is 2. The van der Waals surface area contributed by atoms with E-state index in [1.807, 2.05) is 0 Å². The second-order valence-electron chi connectivity index (χ2n) is 5.37. The van der Waals surface area contributed by atoms with E-state index < -0.39 is 0 Å². The molecule has 1 atom stereocenters. The highest BCUT2D eigenvalue weighted by molar-refractivity contribution is 5.74. The van der Waals surface area contributed by atoms with Crippen LogP contribution in [0.2, 0.25) is 0 Å². The minimum absolute atomic E-state index is 0.205. The Balaban J connectivity index is 2.11. The van der Waals surface area contributed by atoms with Gasteiger partial charge in [-0.1, -0.05) is 26.2 Å². The van der Waals surface area contributed by atoms with Gasteiger partial charge in [-0.3, -0.25) is 4.79 Å². The average Bonchev–Trinajstić information content (AvgIpc) is 2.59. The highest BCUT2D eigenvalue weighted by Gasteiger charge is 2.46. The van der Waals surface area contributed by atoms with Gasteiger partial charge in [-0.15, -0.1) is 0 Å². The Morgan fingerprint density at radius 2 is 2.06 bits per heavy atom. The van der Waals surface area contributed by atoms with Gasteiger partial charge in [-0.05, 0) is 25.8 Å². The number of hydrogen-bond acceptors (Lipinski definition) is 2. The summed E-state index contributed by atoms with van der Waals surface area (Å²) in [7, 11) is 0. The molecule has 1 spiro atoms. The van der Waals surface area contributed by atoms with Crippen molar-refractivity contribution in [3.63, 3.8) is 0 Å². The van der Waals surface area contributed by atoms with Crippen molar-refractivity contribution in [3.8, 4) is 0 Å². The quantitative estimate of drug-likeness (QED) is 0.777. The number of hydrogen-bond donors (Lipinski definition) is 1. The van der Waals surface area contributed by atoms with E-state index in [0.29, 0.717) is 6.04 Å². The molecule has 0 aromatic heterocycles. The molecule has 2 fully saturated rings. The van der Waals surface area contributed by atoms with Crippen LogP contribution < -0.4 is 5.32 Å². The number of amides is 1. The third-order valence-corrected chi connectivity index (χ3v) is 4.26. The molecule has 0 unspecified atom stereocenters. The topological polar surface area (TPSA) is 32.3 Å². The SMILES string of the molecule is CCN[C@@H]1CN(C(C)=O)C2(CCCCC2)C1. The molecule has 1 aliphatic carbocycles. The van der Waals surface area contributed by atoms with E-state index in [4.69, 9.17) is 0 Å². The van der Waals surface area contributed by atoms with Gasteiger partial charge in [0.1, 0.15) is 0 Å². The molecule has 2 aliphatic rings. The van der Waals surface area contributed by atoms with E-state index in [0.717, 1.165) is 13.1 Å². The monoisotopic (exact) mass is 224 g/mol. The molecular weight excluding hydrogens is 200 g/mol. The van der Waals surface area contributed by atoms with Gasteiger partial charge in [0.15, 0.2) is 0 Å². The van der Waals surface area contributed by atoms with Crippen molar-refractivity contribution >= 4 is 5.91 Å². The number of carbonyl (C=O) groups is 1. The molecule has 92 valence electrons. The lowest BCUT2D eigenvalue weighted by molar-refractivity contribution is -0.134. The zero-order valence-electron chi connectivity index (χ0n) is 10.6. The van der Waals surface area contributed by atoms with Crippen LogP contribution in [0.4, 0.5) is 0 Å². The largest absolute Gasteiger partial charge is 0.336 e. The van der Waals surface area contributed by atoms with Crippen LogP contribution in [0, 0.1) is 0 Å². The normalized spacial score (nSPS) is 28.6. The van der Waals surface area contributed by atoms with Crippen molar-refractivity contribution < 1.29 is 4.79 Å². The van der Waals surface area contributed by atoms with Crippen molar-refractivity contribution in [3.05, 3.63) is 0 Å². The summed E-state index contributed by atoms with van der Waals surface area (Å²) in [5.74, 6) is 0.266. The first-order valence-corrected chi connectivity index (χ1v) is 6.69. The summed E-state index contributed by atoms with van der Waals surface area (Å²) in [6.07, 6.45) is 7.54. The Hall–Kier alpha value is -0.570. The smallest absolute Gasteiger partial charge is 0.219 e. The molecule has 0 radical (unpaired) electrons. The van der Waals surface area contributed by atoms with Crippen LogP contribution in [0.15, 0.2) is 0 Å². The molecule has 3 nitrogen and oxygen atoms in total. The van der Waals surface area contributed by atoms with Crippen molar-refractivity contribution in [2.24, 2.45) is 0 Å². The van der Waals surface area contributed by atoms with E-state index >= 15 is 0 Å². The minimum atomic E-state index is 0.205. The van der Waals surface area contributed by atoms with E-state index in [-0.39, 0.29) is 11.4 Å². The highest BCUT2D eigenvalue weighted by Crippen LogP contribution is 2.41. The molecule has 1 aliphatic heterocycles. The lowest BCUT2D eigenvalue weighted by Crippen LogP contribution is -2.47. The standard InChI is InChI=1S/C13H24N2O/c1-3-14-12-9-13(7-5-4-6-8-13)15(10-12)11(2)16/h12,14H,3-10H2,1-2H3/t12-/m0/s1. The Bertz CT molecular complexity index is 259. The molecule has 0 aromatic carbocycles. The average molecular weight is 224 g/mol. The van der Waals surface area contributed by atoms with Crippen molar-refractivity contribution in [1.82, 2.24) is 10.2 Å². The van der Waals surface area contributed by atoms with Crippen LogP contribution >= 0.6 is 0 Å². The maximum atomic E-state index is 11.8. The van der Waals surface area contributed by atoms with Crippen LogP contribution in [0.1, 0.15) is 52.4 Å². The van der Waals surface area contributed by atoms with Crippen LogP contribution in [0.25, 0.3) is 0 Å². The van der Waals surface area contributed by atoms with Gasteiger partial charge in [0.05, 0.1) is 0 Å². The van der Waals surface area contributed by atoms with Gasteiger partial charge in [0, 0.05) is 25.0 Å². The summed E-state index contributed by atoms with van der Waals surface area (Å²) in [6, 6.07) is 0.520. The summed E-state index contributed by atoms with van der Waals surface area (Å²) in [4.78, 5) is 13.9. The first kappa shape index (κ1) is 11.9. The summed E-state index contributed by atoms with van der Waals surface area (Å²) < 4.78 is 0. The predicted molar refractivity (Wildman–Crippen MR) is 65.3 cm³/mol. The van der Waals surface area contributed by atoms with Crippen molar-refractivity contribution in [2.75, 3.05) is 13.1 Å². The van der Waals surface area contributed by atoms with Gasteiger partial charge in [0.2, 0.25) is 5.91 Å². The fourth-order valence-electron chi connectivity index (χ4n) is 3.62. The predicted octanol–water partition coefficient (Wildman–Crippen LogP) is 1.92. The van der Waals surface area contributed by atoms with Crippen LogP contribution in [0.3, 0.4) is 0 Å². The summed E-state index contributed by atoms with van der Waals surface area (Å²) in [5, 5.41) is 3.51. The molecule has 1 amide bonds. The lowest BCUT2D eigenvalue weighted by atomic mass is 9.79. The molecule has 16 heavy (non-hydrogen) atoms. The third-order valence-electron chi connectivity index (χ3n) is 4.26. The zero-order chi connectivity index (χ0) is 11.6. The lowest BCUT2D eigenvalue weighted by Gasteiger charge is -2.41. The summed E-state index contributed by atoms with van der Waals surface area (Å²) in [5.41, 5.74) is 0.205. The van der Waals surface area contributed by atoms with Gasteiger partial charge >= 0.3 is 0 Å². The maximum Gasteiger partial charge on any atom is 0.219 e. The fraction of sp³-hybridized carbons (Fsp3) is 0.923. The van der Waals surface area contributed by atoms with Crippen LogP contribution in [-0.2, 0) is 4.79 Å². The molecule has 1 saturated carbocycles. The van der Waals surface area contributed by atoms with Crippen molar-refractivity contribution in [1.29, 1.82) is 0 Å². The van der Waals surface area contributed by atoms with Gasteiger partial charge in [0.25, 0.3) is 0 Å².